The molecule has 0 aliphatic carbocycles. The van der Waals surface area contributed by atoms with E-state index in [1.165, 1.54) is 11.6 Å². The van der Waals surface area contributed by atoms with Crippen LogP contribution in [0.3, 0.4) is 0 Å². The zero-order chi connectivity index (χ0) is 36.0. The molecule has 11 heteroatoms. The number of anilines is 4. The van der Waals surface area contributed by atoms with Crippen molar-refractivity contribution in [3.63, 3.8) is 0 Å². The third kappa shape index (κ3) is 8.18. The molecule has 0 saturated heterocycles. The van der Waals surface area contributed by atoms with E-state index in [1.54, 1.807) is 38.1 Å². The summed E-state index contributed by atoms with van der Waals surface area (Å²) in [5, 5.41) is 6.85. The van der Waals surface area contributed by atoms with Crippen molar-refractivity contribution in [2.24, 2.45) is 0 Å². The fourth-order valence-corrected chi connectivity index (χ4v) is 8.66. The predicted octanol–water partition coefficient (Wildman–Crippen LogP) is 5.63. The minimum Gasteiger partial charge on any atom is -0.744 e. The number of benzene rings is 5. The van der Waals surface area contributed by atoms with Crippen molar-refractivity contribution in [3.05, 3.63) is 140 Å². The van der Waals surface area contributed by atoms with E-state index in [0.29, 0.717) is 28.1 Å². The van der Waals surface area contributed by atoms with E-state index in [0.717, 1.165) is 50.3 Å². The van der Waals surface area contributed by atoms with E-state index in [9.17, 15) is 25.9 Å². The van der Waals surface area contributed by atoms with E-state index in [4.69, 9.17) is 0 Å². The van der Waals surface area contributed by atoms with E-state index in [1.807, 2.05) is 57.2 Å². The normalized spacial score (nSPS) is 12.3. The van der Waals surface area contributed by atoms with Gasteiger partial charge in [0, 0.05) is 28.7 Å². The van der Waals surface area contributed by atoms with Gasteiger partial charge >= 0.3 is 29.6 Å². The summed E-state index contributed by atoms with van der Waals surface area (Å²) in [6.07, 6.45) is 0. The van der Waals surface area contributed by atoms with E-state index >= 15 is 0 Å². The van der Waals surface area contributed by atoms with Crippen LogP contribution in [0.25, 0.3) is 0 Å². The molecule has 5 aromatic rings. The average Bonchev–Trinajstić information content (AvgIpc) is 2.98. The molecule has 1 atom stereocenters. The molecule has 0 aromatic heterocycles. The molecule has 0 aliphatic rings. The van der Waals surface area contributed by atoms with Gasteiger partial charge in [0.1, 0.15) is 20.2 Å². The second kappa shape index (κ2) is 15.0. The second-order valence-corrected chi connectivity index (χ2v) is 15.5. The van der Waals surface area contributed by atoms with Crippen LogP contribution in [0.15, 0.2) is 88.7 Å². The molecular formula is C39H40N2NaO6S2-. The largest absolute Gasteiger partial charge is 1.00 e. The number of nitrogens with one attached hydrogen (secondary N) is 2. The first kappa shape index (κ1) is 39.3. The van der Waals surface area contributed by atoms with Gasteiger partial charge in [-0.1, -0.05) is 54.1 Å². The smallest absolute Gasteiger partial charge is 0.744 e. The van der Waals surface area contributed by atoms with Crippen molar-refractivity contribution < 1.29 is 55.5 Å². The Labute approximate surface area is 318 Å². The van der Waals surface area contributed by atoms with Crippen LogP contribution in [0.2, 0.25) is 0 Å². The van der Waals surface area contributed by atoms with Gasteiger partial charge < -0.3 is 19.7 Å². The van der Waals surface area contributed by atoms with Gasteiger partial charge in [-0.2, -0.15) is 0 Å². The molecule has 50 heavy (non-hydrogen) atoms. The summed E-state index contributed by atoms with van der Waals surface area (Å²) in [6, 6.07) is 23.7. The van der Waals surface area contributed by atoms with Crippen molar-refractivity contribution >= 4 is 43.0 Å². The van der Waals surface area contributed by atoms with Crippen molar-refractivity contribution in [2.45, 2.75) is 71.1 Å². The first-order valence-corrected chi connectivity index (χ1v) is 18.6. The Morgan fingerprint density at radius 2 is 1.00 bits per heavy atom. The van der Waals surface area contributed by atoms with Crippen LogP contribution in [0.4, 0.5) is 22.7 Å². The van der Waals surface area contributed by atoms with Crippen LogP contribution < -0.4 is 40.2 Å². The third-order valence-electron chi connectivity index (χ3n) is 9.03. The fraction of sp³-hybridized carbons (Fsp3) is 0.231. The van der Waals surface area contributed by atoms with Gasteiger partial charge in [0.05, 0.1) is 9.79 Å². The van der Waals surface area contributed by atoms with Crippen LogP contribution in [-0.2, 0) is 20.2 Å². The SMILES string of the molecule is Cc1cc(C)c(Nc2ccc(C(c3ccc(Nc4c(C)cc(C)c(S(=O)(=O)[O-])c4C)cc3C)c3ccccc3S(=O)(=O)[O-])c(C)c2)c(C)c1.[Na+]. The van der Waals surface area contributed by atoms with Crippen molar-refractivity contribution in [2.75, 3.05) is 10.6 Å². The van der Waals surface area contributed by atoms with E-state index in [-0.39, 0.29) is 39.3 Å². The first-order chi connectivity index (χ1) is 22.9. The molecule has 0 aliphatic heterocycles. The Morgan fingerprint density at radius 3 is 1.48 bits per heavy atom. The maximum atomic E-state index is 12.5. The second-order valence-electron chi connectivity index (χ2n) is 12.9. The van der Waals surface area contributed by atoms with Gasteiger partial charge in [0.15, 0.2) is 0 Å². The van der Waals surface area contributed by atoms with E-state index in [2.05, 4.69) is 43.5 Å². The van der Waals surface area contributed by atoms with Crippen LogP contribution in [0.1, 0.15) is 67.1 Å². The number of rotatable bonds is 9. The van der Waals surface area contributed by atoms with Crippen molar-refractivity contribution in [3.8, 4) is 0 Å². The Kier molecular flexibility index (Phi) is 11.8. The quantitative estimate of drug-likeness (QED) is 0.114. The zero-order valence-electron chi connectivity index (χ0n) is 29.8. The summed E-state index contributed by atoms with van der Waals surface area (Å²) in [6.45, 7) is 15.1. The summed E-state index contributed by atoms with van der Waals surface area (Å²) in [5.41, 5.74) is 11.7. The summed E-state index contributed by atoms with van der Waals surface area (Å²) in [7, 11) is -9.51. The summed E-state index contributed by atoms with van der Waals surface area (Å²) in [4.78, 5) is -0.531. The summed E-state index contributed by atoms with van der Waals surface area (Å²) < 4.78 is 73.8. The maximum absolute atomic E-state index is 12.5. The molecule has 0 heterocycles. The average molecular weight is 720 g/mol. The first-order valence-electron chi connectivity index (χ1n) is 15.8. The number of hydrogen-bond donors (Lipinski definition) is 2. The molecular weight excluding hydrogens is 680 g/mol. The van der Waals surface area contributed by atoms with Crippen LogP contribution in [0.5, 0.6) is 0 Å². The summed E-state index contributed by atoms with van der Waals surface area (Å²) in [5.74, 6) is -0.606. The van der Waals surface area contributed by atoms with Crippen LogP contribution in [-0.4, -0.2) is 25.9 Å². The standard InChI is InChI=1S/C39H42N2O6S2.Na/c1-22-17-25(4)37(26(5)18-22)40-30-13-15-32(23(2)20-30)36(34-11-9-10-12-35(34)48(42,43)44)33-16-14-31(21-24(33)3)41-38-27(6)19-28(7)39(29(38)8)49(45,46)47;/h9-21,36,40-41H,1-8H3,(H,42,43,44)(H,45,46,47);/q;+1/p-2. The summed E-state index contributed by atoms with van der Waals surface area (Å²) >= 11 is 0. The molecule has 0 radical (unpaired) electrons. The monoisotopic (exact) mass is 719 g/mol. The van der Waals surface area contributed by atoms with Gasteiger partial charge in [-0.05, 0) is 141 Å². The molecule has 5 rings (SSSR count). The Balaban J connectivity index is 0.00000562. The molecule has 0 bridgehead atoms. The molecule has 0 amide bonds. The van der Waals surface area contributed by atoms with E-state index < -0.39 is 26.2 Å². The Bertz CT molecular complexity index is 2310. The van der Waals surface area contributed by atoms with Crippen LogP contribution >= 0.6 is 0 Å². The molecule has 1 unspecified atom stereocenters. The van der Waals surface area contributed by atoms with Gasteiger partial charge in [0.2, 0.25) is 0 Å². The van der Waals surface area contributed by atoms with Crippen molar-refractivity contribution in [1.29, 1.82) is 0 Å². The molecule has 0 spiro atoms. The fourth-order valence-electron chi connectivity index (χ4n) is 7.01. The Morgan fingerprint density at radius 1 is 0.520 bits per heavy atom. The molecule has 8 nitrogen and oxygen atoms in total. The minimum absolute atomic E-state index is 0. The molecule has 0 fully saturated rings. The van der Waals surface area contributed by atoms with Crippen molar-refractivity contribution in [1.82, 2.24) is 0 Å². The topological polar surface area (TPSA) is 138 Å². The maximum Gasteiger partial charge on any atom is 1.00 e. The molecule has 256 valence electrons. The number of aryl methyl sites for hydroxylation is 7. The zero-order valence-corrected chi connectivity index (χ0v) is 33.5. The van der Waals surface area contributed by atoms with Crippen LogP contribution in [0, 0.1) is 55.4 Å². The van der Waals surface area contributed by atoms with Gasteiger partial charge in [-0.3, -0.25) is 0 Å². The van der Waals surface area contributed by atoms with Gasteiger partial charge in [-0.25, -0.2) is 16.8 Å². The van der Waals surface area contributed by atoms with Gasteiger partial charge in [0.25, 0.3) is 0 Å². The minimum atomic E-state index is -4.81. The predicted molar refractivity (Wildman–Crippen MR) is 194 cm³/mol. The molecule has 5 aromatic carbocycles. The Hall–Kier alpha value is -3.48. The van der Waals surface area contributed by atoms with Gasteiger partial charge in [-0.15, -0.1) is 0 Å². The molecule has 2 N–H and O–H groups in total. The third-order valence-corrected chi connectivity index (χ3v) is 11.1. The molecule has 0 saturated carbocycles. The number of hydrogen-bond acceptors (Lipinski definition) is 8.